The first-order valence-corrected chi connectivity index (χ1v) is 7.67. The summed E-state index contributed by atoms with van der Waals surface area (Å²) >= 11 is 3.51. The lowest BCUT2D eigenvalue weighted by molar-refractivity contribution is 0.000927. The summed E-state index contributed by atoms with van der Waals surface area (Å²) < 4.78 is 7.03. The number of nitrogens with zero attached hydrogens (tertiary/aromatic N) is 1. The van der Waals surface area contributed by atoms with Gasteiger partial charge in [0.25, 0.3) is 0 Å². The molecule has 1 aliphatic rings. The molecule has 0 bridgehead atoms. The van der Waals surface area contributed by atoms with Crippen molar-refractivity contribution in [1.82, 2.24) is 4.98 Å². The van der Waals surface area contributed by atoms with Crippen LogP contribution in [0.5, 0.6) is 0 Å². The minimum atomic E-state index is 0.425. The monoisotopic (exact) mass is 311 g/mol. The van der Waals surface area contributed by atoms with Crippen molar-refractivity contribution in [3.63, 3.8) is 0 Å². The highest BCUT2D eigenvalue weighted by molar-refractivity contribution is 9.10. The molecule has 1 heterocycles. The molecule has 2 nitrogen and oxygen atoms in total. The fourth-order valence-corrected chi connectivity index (χ4v) is 3.01. The summed E-state index contributed by atoms with van der Waals surface area (Å²) in [4.78, 5) is 4.33. The maximum atomic E-state index is 5.99. The Kier molecular flexibility index (Phi) is 5.19. The zero-order valence-corrected chi connectivity index (χ0v) is 12.8. The molecular formula is C15H22BrNO. The quantitative estimate of drug-likeness (QED) is 0.812. The van der Waals surface area contributed by atoms with Crippen molar-refractivity contribution in [3.05, 3.63) is 28.5 Å². The highest BCUT2D eigenvalue weighted by Crippen LogP contribution is 2.31. The summed E-state index contributed by atoms with van der Waals surface area (Å²) in [5.74, 6) is 1.71. The van der Waals surface area contributed by atoms with Gasteiger partial charge in [-0.3, -0.25) is 4.98 Å². The lowest BCUT2D eigenvalue weighted by Crippen LogP contribution is -2.24. The average Bonchev–Trinajstić information content (AvgIpc) is 2.38. The fourth-order valence-electron chi connectivity index (χ4n) is 2.64. The van der Waals surface area contributed by atoms with Crippen molar-refractivity contribution < 1.29 is 4.74 Å². The fraction of sp³-hybridized carbons (Fsp3) is 0.667. The van der Waals surface area contributed by atoms with Crippen LogP contribution in [-0.2, 0) is 11.3 Å². The highest BCUT2D eigenvalue weighted by Gasteiger charge is 2.23. The molecule has 1 aliphatic carbocycles. The lowest BCUT2D eigenvalue weighted by Gasteiger charge is -2.30. The van der Waals surface area contributed by atoms with E-state index in [-0.39, 0.29) is 0 Å². The largest absolute Gasteiger partial charge is 0.372 e. The van der Waals surface area contributed by atoms with E-state index in [2.05, 4.69) is 34.8 Å². The van der Waals surface area contributed by atoms with Gasteiger partial charge in [0.05, 0.1) is 18.4 Å². The lowest BCUT2D eigenvalue weighted by atomic mass is 9.80. The van der Waals surface area contributed by atoms with Crippen molar-refractivity contribution in [2.45, 2.75) is 52.2 Å². The van der Waals surface area contributed by atoms with Crippen LogP contribution in [0.25, 0.3) is 0 Å². The Hall–Kier alpha value is -0.410. The van der Waals surface area contributed by atoms with Crippen LogP contribution in [-0.4, -0.2) is 11.1 Å². The second-order valence-corrected chi connectivity index (χ2v) is 6.38. The van der Waals surface area contributed by atoms with E-state index in [1.807, 2.05) is 18.3 Å². The van der Waals surface area contributed by atoms with Gasteiger partial charge in [0.15, 0.2) is 0 Å². The molecule has 1 aromatic rings. The standard InChI is InChI=1S/C15H22BrNO/c1-11(2)12-5-7-13(8-6-12)18-10-15-14(16)4-3-9-17-15/h3-4,9,11-13H,5-8,10H2,1-2H3. The van der Waals surface area contributed by atoms with Crippen molar-refractivity contribution >= 4 is 15.9 Å². The van der Waals surface area contributed by atoms with E-state index in [0.29, 0.717) is 12.7 Å². The minimum Gasteiger partial charge on any atom is -0.372 e. The van der Waals surface area contributed by atoms with Gasteiger partial charge in [0, 0.05) is 10.7 Å². The van der Waals surface area contributed by atoms with Gasteiger partial charge in [-0.15, -0.1) is 0 Å². The number of rotatable bonds is 4. The summed E-state index contributed by atoms with van der Waals surface area (Å²) in [7, 11) is 0. The van der Waals surface area contributed by atoms with E-state index in [1.165, 1.54) is 25.7 Å². The van der Waals surface area contributed by atoms with Crippen LogP contribution in [0.3, 0.4) is 0 Å². The molecule has 100 valence electrons. The van der Waals surface area contributed by atoms with Gasteiger partial charge in [-0.2, -0.15) is 0 Å². The molecule has 0 unspecified atom stereocenters. The first-order valence-electron chi connectivity index (χ1n) is 6.88. The number of hydrogen-bond donors (Lipinski definition) is 0. The molecule has 1 fully saturated rings. The predicted molar refractivity (Wildman–Crippen MR) is 77.3 cm³/mol. The van der Waals surface area contributed by atoms with E-state index < -0.39 is 0 Å². The molecule has 0 N–H and O–H groups in total. The smallest absolute Gasteiger partial charge is 0.0903 e. The second-order valence-electron chi connectivity index (χ2n) is 5.52. The number of ether oxygens (including phenoxy) is 1. The summed E-state index contributed by atoms with van der Waals surface area (Å²) in [5, 5.41) is 0. The van der Waals surface area contributed by atoms with Crippen LogP contribution in [0.4, 0.5) is 0 Å². The average molecular weight is 312 g/mol. The van der Waals surface area contributed by atoms with E-state index >= 15 is 0 Å². The van der Waals surface area contributed by atoms with Crippen molar-refractivity contribution in [2.24, 2.45) is 11.8 Å². The van der Waals surface area contributed by atoms with Crippen LogP contribution < -0.4 is 0 Å². The summed E-state index contributed by atoms with van der Waals surface area (Å²) in [6.07, 6.45) is 7.27. The van der Waals surface area contributed by atoms with Gasteiger partial charge in [0.1, 0.15) is 0 Å². The maximum absolute atomic E-state index is 5.99. The first-order chi connectivity index (χ1) is 8.66. The minimum absolute atomic E-state index is 0.425. The molecule has 0 radical (unpaired) electrons. The molecule has 3 heteroatoms. The Morgan fingerprint density at radius 3 is 2.67 bits per heavy atom. The Morgan fingerprint density at radius 2 is 2.06 bits per heavy atom. The topological polar surface area (TPSA) is 22.1 Å². The van der Waals surface area contributed by atoms with Gasteiger partial charge >= 0.3 is 0 Å². The zero-order valence-electron chi connectivity index (χ0n) is 11.2. The molecule has 0 amide bonds. The summed E-state index contributed by atoms with van der Waals surface area (Å²) in [6, 6.07) is 3.95. The summed E-state index contributed by atoms with van der Waals surface area (Å²) in [5.41, 5.74) is 1.00. The predicted octanol–water partition coefficient (Wildman–Crippen LogP) is 4.58. The molecule has 0 spiro atoms. The van der Waals surface area contributed by atoms with Crippen LogP contribution in [0.2, 0.25) is 0 Å². The molecule has 0 saturated heterocycles. The van der Waals surface area contributed by atoms with Crippen molar-refractivity contribution in [2.75, 3.05) is 0 Å². The molecule has 2 rings (SSSR count). The van der Waals surface area contributed by atoms with Crippen LogP contribution in [0, 0.1) is 11.8 Å². The second kappa shape index (κ2) is 6.67. The van der Waals surface area contributed by atoms with Gasteiger partial charge in [-0.1, -0.05) is 13.8 Å². The Labute approximate surface area is 118 Å². The van der Waals surface area contributed by atoms with Crippen molar-refractivity contribution in [1.29, 1.82) is 0 Å². The first kappa shape index (κ1) is 14.0. The van der Waals surface area contributed by atoms with E-state index in [4.69, 9.17) is 4.74 Å². The van der Waals surface area contributed by atoms with E-state index in [9.17, 15) is 0 Å². The SMILES string of the molecule is CC(C)C1CCC(OCc2ncccc2Br)CC1. The third-order valence-corrected chi connectivity index (χ3v) is 4.67. The molecule has 0 aromatic carbocycles. The number of aromatic nitrogens is 1. The normalized spacial score (nSPS) is 24.4. The maximum Gasteiger partial charge on any atom is 0.0903 e. The molecule has 1 saturated carbocycles. The van der Waals surface area contributed by atoms with Gasteiger partial charge in [-0.25, -0.2) is 0 Å². The van der Waals surface area contributed by atoms with E-state index in [0.717, 1.165) is 22.0 Å². The van der Waals surface area contributed by atoms with Crippen LogP contribution in [0.1, 0.15) is 45.2 Å². The van der Waals surface area contributed by atoms with E-state index in [1.54, 1.807) is 0 Å². The molecule has 0 aliphatic heterocycles. The van der Waals surface area contributed by atoms with Crippen LogP contribution in [0.15, 0.2) is 22.8 Å². The number of pyridine rings is 1. The number of halogens is 1. The van der Waals surface area contributed by atoms with Gasteiger partial charge < -0.3 is 4.74 Å². The molecule has 0 atom stereocenters. The Morgan fingerprint density at radius 1 is 1.33 bits per heavy atom. The summed E-state index contributed by atoms with van der Waals surface area (Å²) in [6.45, 7) is 5.28. The Balaban J connectivity index is 1.77. The van der Waals surface area contributed by atoms with Gasteiger partial charge in [-0.05, 0) is 65.6 Å². The third kappa shape index (κ3) is 3.79. The van der Waals surface area contributed by atoms with Gasteiger partial charge in [0.2, 0.25) is 0 Å². The number of hydrogen-bond acceptors (Lipinski definition) is 2. The molecule has 18 heavy (non-hydrogen) atoms. The molecule has 1 aromatic heterocycles. The van der Waals surface area contributed by atoms with Crippen LogP contribution >= 0.6 is 15.9 Å². The third-order valence-electron chi connectivity index (χ3n) is 3.95. The highest BCUT2D eigenvalue weighted by atomic mass is 79.9. The Bertz CT molecular complexity index is 373. The molecular weight excluding hydrogens is 290 g/mol. The zero-order chi connectivity index (χ0) is 13.0. The van der Waals surface area contributed by atoms with Crippen molar-refractivity contribution in [3.8, 4) is 0 Å².